The van der Waals surface area contributed by atoms with Gasteiger partial charge >= 0.3 is 6.03 Å². The molecule has 0 aromatic heterocycles. The van der Waals surface area contributed by atoms with Gasteiger partial charge in [0.2, 0.25) is 0 Å². The van der Waals surface area contributed by atoms with Crippen LogP contribution in [-0.2, 0) is 4.74 Å². The summed E-state index contributed by atoms with van der Waals surface area (Å²) in [6.07, 6.45) is 5.65. The first-order chi connectivity index (χ1) is 19.9. The lowest BCUT2D eigenvalue weighted by atomic mass is 9.95. The number of nitrogens with one attached hydrogen (secondary N) is 2. The predicted octanol–water partition coefficient (Wildman–Crippen LogP) is 5.17. The molecule has 1 saturated carbocycles. The van der Waals surface area contributed by atoms with Crippen molar-refractivity contribution in [2.24, 2.45) is 0 Å². The molecule has 2 aromatic rings. The molecule has 41 heavy (non-hydrogen) atoms. The normalized spacial score (nSPS) is 18.6. The number of carbonyl (C=O) groups is 2. The molecule has 1 saturated heterocycles. The number of anilines is 1. The summed E-state index contributed by atoms with van der Waals surface area (Å²) >= 11 is 0. The van der Waals surface area contributed by atoms with Crippen LogP contribution in [0.5, 0.6) is 11.5 Å². The minimum absolute atomic E-state index is 0.00728. The number of carbonyl (C=O) groups excluding carboxylic acids is 2. The summed E-state index contributed by atoms with van der Waals surface area (Å²) in [5.41, 5.74) is 1.41. The average molecular weight is 567 g/mol. The zero-order valence-electron chi connectivity index (χ0n) is 24.9. The highest BCUT2D eigenvalue weighted by Gasteiger charge is 2.35. The van der Waals surface area contributed by atoms with Gasteiger partial charge in [0.15, 0.2) is 11.5 Å². The maximum atomic E-state index is 13.7. The molecule has 9 nitrogen and oxygen atoms in total. The van der Waals surface area contributed by atoms with Crippen molar-refractivity contribution in [3.05, 3.63) is 54.1 Å². The van der Waals surface area contributed by atoms with Crippen molar-refractivity contribution in [2.75, 3.05) is 45.8 Å². The molecular formula is C32H46N4O5. The third kappa shape index (κ3) is 8.60. The summed E-state index contributed by atoms with van der Waals surface area (Å²) in [5, 5.41) is 6.72. The smallest absolute Gasteiger partial charge is 0.322 e. The lowest BCUT2D eigenvalue weighted by molar-refractivity contribution is 0.0550. The third-order valence-electron chi connectivity index (χ3n) is 7.83. The molecule has 4 rings (SSSR count). The first-order valence-corrected chi connectivity index (χ1v) is 14.9. The van der Waals surface area contributed by atoms with Gasteiger partial charge in [0.25, 0.3) is 5.91 Å². The minimum Gasteiger partial charge on any atom is -0.493 e. The zero-order valence-corrected chi connectivity index (χ0v) is 24.9. The largest absolute Gasteiger partial charge is 0.493 e. The van der Waals surface area contributed by atoms with E-state index in [0.717, 1.165) is 57.3 Å². The Hall–Kier alpha value is -3.30. The summed E-state index contributed by atoms with van der Waals surface area (Å²) in [6, 6.07) is 15.8. The first kappa shape index (κ1) is 30.7. The van der Waals surface area contributed by atoms with Crippen LogP contribution in [0.1, 0.15) is 62.7 Å². The van der Waals surface area contributed by atoms with Gasteiger partial charge in [-0.15, -0.1) is 0 Å². The van der Waals surface area contributed by atoms with Crippen LogP contribution in [0.15, 0.2) is 48.5 Å². The Bertz CT molecular complexity index is 1120. The highest BCUT2D eigenvalue weighted by molar-refractivity contribution is 5.95. The van der Waals surface area contributed by atoms with E-state index in [9.17, 15) is 9.59 Å². The number of rotatable bonds is 14. The maximum Gasteiger partial charge on any atom is 0.322 e. The van der Waals surface area contributed by atoms with E-state index in [0.29, 0.717) is 42.4 Å². The van der Waals surface area contributed by atoms with Crippen LogP contribution in [-0.4, -0.2) is 86.4 Å². The monoisotopic (exact) mass is 566 g/mol. The van der Waals surface area contributed by atoms with Gasteiger partial charge in [-0.25, -0.2) is 4.79 Å². The van der Waals surface area contributed by atoms with Crippen LogP contribution >= 0.6 is 0 Å². The van der Waals surface area contributed by atoms with Crippen LogP contribution in [0.25, 0.3) is 0 Å². The van der Waals surface area contributed by atoms with Gasteiger partial charge in [0, 0.05) is 68.6 Å². The van der Waals surface area contributed by atoms with Crippen molar-refractivity contribution >= 4 is 17.6 Å². The summed E-state index contributed by atoms with van der Waals surface area (Å²) in [7, 11) is 3.26. The molecule has 3 amide bonds. The zero-order chi connectivity index (χ0) is 29.2. The molecule has 224 valence electrons. The molecule has 1 aliphatic heterocycles. The quantitative estimate of drug-likeness (QED) is 0.307. The summed E-state index contributed by atoms with van der Waals surface area (Å²) in [5.74, 6) is 1.17. The van der Waals surface area contributed by atoms with Gasteiger partial charge in [-0.05, 0) is 76.3 Å². The standard InChI is InChI=1S/C32H46N4O5/c1-23(2)36(31(37)24-11-16-29(40-4)30(21-24)41-20-8-19-39-3)28-13-12-25(33-22-28)17-18-35(27-14-15-27)32(38)34-26-9-6-5-7-10-26/h5-7,9-11,16,21,23,25,27-28,33H,8,12-15,17-20,22H2,1-4H3,(H,34,38)/t25-,28-/m1/s1. The van der Waals surface area contributed by atoms with Crippen molar-refractivity contribution in [1.29, 1.82) is 0 Å². The Morgan fingerprint density at radius 1 is 0.976 bits per heavy atom. The number of methoxy groups -OCH3 is 2. The second kappa shape index (κ2) is 15.1. The number of hydrogen-bond donors (Lipinski definition) is 2. The van der Waals surface area contributed by atoms with E-state index >= 15 is 0 Å². The van der Waals surface area contributed by atoms with E-state index in [4.69, 9.17) is 14.2 Å². The molecule has 2 fully saturated rings. The van der Waals surface area contributed by atoms with Gasteiger partial charge in [0.05, 0.1) is 13.7 Å². The van der Waals surface area contributed by atoms with E-state index in [1.807, 2.05) is 46.2 Å². The molecule has 2 aliphatic rings. The highest BCUT2D eigenvalue weighted by Crippen LogP contribution is 2.31. The number of hydrogen-bond acceptors (Lipinski definition) is 6. The number of amides is 3. The Morgan fingerprint density at radius 2 is 1.73 bits per heavy atom. The predicted molar refractivity (Wildman–Crippen MR) is 161 cm³/mol. The molecule has 0 radical (unpaired) electrons. The van der Waals surface area contributed by atoms with Gasteiger partial charge in [0.1, 0.15) is 0 Å². The van der Waals surface area contributed by atoms with Gasteiger partial charge in [-0.3, -0.25) is 4.79 Å². The average Bonchev–Trinajstić information content (AvgIpc) is 3.82. The van der Waals surface area contributed by atoms with Crippen LogP contribution in [0, 0.1) is 0 Å². The molecular weight excluding hydrogens is 520 g/mol. The van der Waals surface area contributed by atoms with Gasteiger partial charge in [-0.1, -0.05) is 18.2 Å². The van der Waals surface area contributed by atoms with E-state index in [2.05, 4.69) is 24.5 Å². The molecule has 1 heterocycles. The molecule has 9 heteroatoms. The number of piperidine rings is 1. The Morgan fingerprint density at radius 3 is 2.37 bits per heavy atom. The van der Waals surface area contributed by atoms with Crippen molar-refractivity contribution in [1.82, 2.24) is 15.1 Å². The first-order valence-electron chi connectivity index (χ1n) is 14.9. The fourth-order valence-electron chi connectivity index (χ4n) is 5.51. The summed E-state index contributed by atoms with van der Waals surface area (Å²) in [6.45, 7) is 6.66. The van der Waals surface area contributed by atoms with E-state index in [1.54, 1.807) is 26.4 Å². The number of ether oxygens (including phenoxy) is 3. The Kier molecular flexibility index (Phi) is 11.3. The van der Waals surface area contributed by atoms with Gasteiger partial charge in [-0.2, -0.15) is 0 Å². The van der Waals surface area contributed by atoms with Crippen LogP contribution in [0.2, 0.25) is 0 Å². The number of benzene rings is 2. The van der Waals surface area contributed by atoms with Crippen LogP contribution in [0.4, 0.5) is 10.5 Å². The van der Waals surface area contributed by atoms with Crippen molar-refractivity contribution in [3.63, 3.8) is 0 Å². The lowest BCUT2D eigenvalue weighted by Gasteiger charge is -2.40. The molecule has 0 unspecified atom stereocenters. The van der Waals surface area contributed by atoms with Gasteiger partial charge < -0.3 is 34.6 Å². The fraction of sp³-hybridized carbons (Fsp3) is 0.562. The lowest BCUT2D eigenvalue weighted by Crippen LogP contribution is -2.54. The van der Waals surface area contributed by atoms with E-state index < -0.39 is 0 Å². The third-order valence-corrected chi connectivity index (χ3v) is 7.83. The molecule has 1 aliphatic carbocycles. The Balaban J connectivity index is 1.32. The second-order valence-electron chi connectivity index (χ2n) is 11.2. The molecule has 2 aromatic carbocycles. The van der Waals surface area contributed by atoms with Crippen molar-refractivity contribution < 1.29 is 23.8 Å². The maximum absolute atomic E-state index is 13.7. The van der Waals surface area contributed by atoms with Crippen LogP contribution in [0.3, 0.4) is 0 Å². The molecule has 0 spiro atoms. The number of nitrogens with zero attached hydrogens (tertiary/aromatic N) is 2. The Labute approximate surface area is 244 Å². The number of para-hydroxylation sites is 1. The fourth-order valence-corrected chi connectivity index (χ4v) is 5.51. The molecule has 2 atom stereocenters. The minimum atomic E-state index is -0.0227. The van der Waals surface area contributed by atoms with Crippen molar-refractivity contribution in [2.45, 2.75) is 76.5 Å². The molecule has 0 bridgehead atoms. The van der Waals surface area contributed by atoms with Crippen molar-refractivity contribution in [3.8, 4) is 11.5 Å². The number of urea groups is 1. The summed E-state index contributed by atoms with van der Waals surface area (Å²) < 4.78 is 16.5. The highest BCUT2D eigenvalue weighted by atomic mass is 16.5. The second-order valence-corrected chi connectivity index (χ2v) is 11.2. The van der Waals surface area contributed by atoms with E-state index in [1.165, 1.54) is 0 Å². The SMILES string of the molecule is COCCCOc1cc(C(=O)N(C(C)C)[C@@H]2CC[C@H](CCN(C(=O)Nc3ccccc3)C3CC3)NC2)ccc1OC. The topological polar surface area (TPSA) is 92.4 Å². The molecule has 2 N–H and O–H groups in total. The summed E-state index contributed by atoms with van der Waals surface area (Å²) in [4.78, 5) is 30.7. The van der Waals surface area contributed by atoms with E-state index in [-0.39, 0.29) is 24.0 Å². The van der Waals surface area contributed by atoms with Crippen LogP contribution < -0.4 is 20.1 Å².